The maximum Gasteiger partial charge on any atom is 0.300 e. The summed E-state index contributed by atoms with van der Waals surface area (Å²) in [5.41, 5.74) is 2.40. The third-order valence-corrected chi connectivity index (χ3v) is 4.33. The zero-order valence-corrected chi connectivity index (χ0v) is 14.2. The topological polar surface area (TPSA) is 76.3 Å². The van der Waals surface area contributed by atoms with Gasteiger partial charge in [-0.15, -0.1) is 0 Å². The van der Waals surface area contributed by atoms with E-state index in [0.717, 1.165) is 43.1 Å². The Balaban J connectivity index is 1.54. The summed E-state index contributed by atoms with van der Waals surface area (Å²) in [6.07, 6.45) is 4.33. The molecule has 7 nitrogen and oxygen atoms in total. The lowest BCUT2D eigenvalue weighted by atomic mass is 10.2. The van der Waals surface area contributed by atoms with Crippen LogP contribution in [0.4, 0.5) is 6.01 Å². The SMILES string of the molecule is CCc1ccc2oc(N3CCNCC3COc3cccnc3)nc2n1. The monoisotopic (exact) mass is 339 g/mol. The summed E-state index contributed by atoms with van der Waals surface area (Å²) in [4.78, 5) is 15.4. The number of aryl methyl sites for hydroxylation is 1. The number of aromatic nitrogens is 3. The Morgan fingerprint density at radius 2 is 2.28 bits per heavy atom. The molecule has 25 heavy (non-hydrogen) atoms. The number of ether oxygens (including phenoxy) is 1. The highest BCUT2D eigenvalue weighted by atomic mass is 16.5. The van der Waals surface area contributed by atoms with Crippen LogP contribution in [0.1, 0.15) is 12.6 Å². The van der Waals surface area contributed by atoms with Crippen molar-refractivity contribution in [2.24, 2.45) is 0 Å². The van der Waals surface area contributed by atoms with Gasteiger partial charge in [-0.25, -0.2) is 4.98 Å². The molecule has 4 rings (SSSR count). The number of pyridine rings is 2. The van der Waals surface area contributed by atoms with Crippen molar-refractivity contribution in [2.75, 3.05) is 31.1 Å². The van der Waals surface area contributed by atoms with E-state index >= 15 is 0 Å². The van der Waals surface area contributed by atoms with Gasteiger partial charge >= 0.3 is 0 Å². The third kappa shape index (κ3) is 3.41. The molecule has 1 aliphatic heterocycles. The molecule has 1 unspecified atom stereocenters. The highest BCUT2D eigenvalue weighted by molar-refractivity contribution is 5.70. The predicted octanol–water partition coefficient (Wildman–Crippen LogP) is 2.04. The second kappa shape index (κ2) is 7.06. The Morgan fingerprint density at radius 1 is 1.32 bits per heavy atom. The Bertz CT molecular complexity index is 836. The highest BCUT2D eigenvalue weighted by Gasteiger charge is 2.27. The van der Waals surface area contributed by atoms with Crippen LogP contribution in [0.3, 0.4) is 0 Å². The van der Waals surface area contributed by atoms with Gasteiger partial charge in [0.2, 0.25) is 5.65 Å². The van der Waals surface area contributed by atoms with Gasteiger partial charge in [-0.05, 0) is 30.7 Å². The minimum absolute atomic E-state index is 0.132. The summed E-state index contributed by atoms with van der Waals surface area (Å²) >= 11 is 0. The minimum Gasteiger partial charge on any atom is -0.490 e. The average Bonchev–Trinajstić information content (AvgIpc) is 3.10. The van der Waals surface area contributed by atoms with Crippen LogP contribution in [0.15, 0.2) is 41.1 Å². The smallest absolute Gasteiger partial charge is 0.300 e. The average molecular weight is 339 g/mol. The van der Waals surface area contributed by atoms with Gasteiger partial charge in [0.25, 0.3) is 6.01 Å². The molecule has 0 spiro atoms. The van der Waals surface area contributed by atoms with Crippen molar-refractivity contribution in [3.8, 4) is 5.75 Å². The molecule has 1 fully saturated rings. The minimum atomic E-state index is 0.132. The number of nitrogens with zero attached hydrogens (tertiary/aromatic N) is 4. The van der Waals surface area contributed by atoms with Crippen molar-refractivity contribution in [3.63, 3.8) is 0 Å². The fourth-order valence-corrected chi connectivity index (χ4v) is 2.95. The number of anilines is 1. The predicted molar refractivity (Wildman–Crippen MR) is 94.9 cm³/mol. The van der Waals surface area contributed by atoms with E-state index in [1.165, 1.54) is 0 Å². The second-order valence-corrected chi connectivity index (χ2v) is 6.03. The molecule has 0 aliphatic carbocycles. The number of oxazole rings is 1. The largest absolute Gasteiger partial charge is 0.490 e. The van der Waals surface area contributed by atoms with Crippen LogP contribution in [-0.2, 0) is 6.42 Å². The van der Waals surface area contributed by atoms with Crippen LogP contribution in [0.25, 0.3) is 11.2 Å². The molecule has 0 bridgehead atoms. The summed E-state index contributed by atoms with van der Waals surface area (Å²) in [7, 11) is 0. The van der Waals surface area contributed by atoms with E-state index < -0.39 is 0 Å². The molecular weight excluding hydrogens is 318 g/mol. The first-order valence-electron chi connectivity index (χ1n) is 8.60. The first kappa shape index (κ1) is 15.8. The quantitative estimate of drug-likeness (QED) is 0.762. The molecule has 1 atom stereocenters. The maximum absolute atomic E-state index is 5.95. The number of hydrogen-bond donors (Lipinski definition) is 1. The van der Waals surface area contributed by atoms with Gasteiger partial charge in [0.05, 0.1) is 12.2 Å². The fourth-order valence-electron chi connectivity index (χ4n) is 2.95. The van der Waals surface area contributed by atoms with E-state index in [1.807, 2.05) is 24.3 Å². The van der Waals surface area contributed by atoms with Crippen molar-refractivity contribution >= 4 is 17.2 Å². The molecule has 1 saturated heterocycles. The Labute approximate surface area is 146 Å². The molecule has 3 aromatic rings. The summed E-state index contributed by atoms with van der Waals surface area (Å²) in [6, 6.07) is 8.44. The lowest BCUT2D eigenvalue weighted by molar-refractivity contribution is 0.261. The van der Waals surface area contributed by atoms with Crippen LogP contribution in [0, 0.1) is 0 Å². The number of hydrogen-bond acceptors (Lipinski definition) is 7. The number of piperazine rings is 1. The van der Waals surface area contributed by atoms with Gasteiger partial charge in [-0.2, -0.15) is 4.98 Å². The fraction of sp³-hybridized carbons (Fsp3) is 0.389. The molecule has 3 aromatic heterocycles. The molecular formula is C18H21N5O2. The zero-order chi connectivity index (χ0) is 17.1. The summed E-state index contributed by atoms with van der Waals surface area (Å²) in [5.74, 6) is 0.764. The van der Waals surface area contributed by atoms with Gasteiger partial charge < -0.3 is 19.4 Å². The first-order valence-corrected chi connectivity index (χ1v) is 8.60. The van der Waals surface area contributed by atoms with Crippen molar-refractivity contribution in [1.29, 1.82) is 0 Å². The van der Waals surface area contributed by atoms with Crippen LogP contribution >= 0.6 is 0 Å². The van der Waals surface area contributed by atoms with Gasteiger partial charge in [0.1, 0.15) is 12.4 Å². The molecule has 1 aliphatic rings. The summed E-state index contributed by atoms with van der Waals surface area (Å²) < 4.78 is 11.8. The maximum atomic E-state index is 5.95. The first-order chi connectivity index (χ1) is 12.3. The normalized spacial score (nSPS) is 17.8. The van der Waals surface area contributed by atoms with E-state index in [4.69, 9.17) is 9.15 Å². The van der Waals surface area contributed by atoms with Gasteiger partial charge in [-0.1, -0.05) is 6.92 Å². The van der Waals surface area contributed by atoms with E-state index in [0.29, 0.717) is 18.3 Å². The number of nitrogens with one attached hydrogen (secondary N) is 1. The molecule has 0 radical (unpaired) electrons. The summed E-state index contributed by atoms with van der Waals surface area (Å²) in [5, 5.41) is 3.40. The Morgan fingerprint density at radius 3 is 3.12 bits per heavy atom. The van der Waals surface area contributed by atoms with E-state index in [-0.39, 0.29) is 6.04 Å². The van der Waals surface area contributed by atoms with Crippen molar-refractivity contribution < 1.29 is 9.15 Å². The zero-order valence-electron chi connectivity index (χ0n) is 14.2. The second-order valence-electron chi connectivity index (χ2n) is 6.03. The number of rotatable bonds is 5. The summed E-state index contributed by atoms with van der Waals surface area (Å²) in [6.45, 7) is 5.12. The number of fused-ring (bicyclic) bond motifs is 1. The molecule has 1 N–H and O–H groups in total. The molecule has 4 heterocycles. The highest BCUT2D eigenvalue weighted by Crippen LogP contribution is 2.24. The Hall–Kier alpha value is -2.67. The molecule has 0 aromatic carbocycles. The lowest BCUT2D eigenvalue weighted by Crippen LogP contribution is -2.54. The van der Waals surface area contributed by atoms with Crippen LogP contribution in [0.2, 0.25) is 0 Å². The van der Waals surface area contributed by atoms with Gasteiger partial charge in [0, 0.05) is 31.5 Å². The van der Waals surface area contributed by atoms with Crippen molar-refractivity contribution in [1.82, 2.24) is 20.3 Å². The van der Waals surface area contributed by atoms with Crippen LogP contribution < -0.4 is 15.0 Å². The molecule has 0 amide bonds. The van der Waals surface area contributed by atoms with Crippen LogP contribution in [-0.4, -0.2) is 47.2 Å². The Kier molecular flexibility index (Phi) is 4.47. The van der Waals surface area contributed by atoms with Gasteiger partial charge in [0.15, 0.2) is 5.58 Å². The lowest BCUT2D eigenvalue weighted by Gasteiger charge is -2.34. The van der Waals surface area contributed by atoms with E-state index in [9.17, 15) is 0 Å². The van der Waals surface area contributed by atoms with Crippen molar-refractivity contribution in [3.05, 3.63) is 42.4 Å². The standard InChI is InChI=1S/C18H21N5O2/c1-2-13-5-6-16-17(21-13)22-18(25-16)23-9-8-20-10-14(23)12-24-15-4-3-7-19-11-15/h3-7,11,14,20H,2,8-10,12H2,1H3. The van der Waals surface area contributed by atoms with E-state index in [1.54, 1.807) is 12.4 Å². The molecule has 130 valence electrons. The van der Waals surface area contributed by atoms with E-state index in [2.05, 4.69) is 32.1 Å². The van der Waals surface area contributed by atoms with Crippen LogP contribution in [0.5, 0.6) is 5.75 Å². The molecule has 7 heteroatoms. The third-order valence-electron chi connectivity index (χ3n) is 4.33. The van der Waals surface area contributed by atoms with Gasteiger partial charge in [-0.3, -0.25) is 4.98 Å². The molecule has 0 saturated carbocycles. The van der Waals surface area contributed by atoms with Crippen molar-refractivity contribution in [2.45, 2.75) is 19.4 Å².